The molecule has 1 heterocycles. The molecule has 0 aromatic heterocycles. The van der Waals surface area contributed by atoms with Gasteiger partial charge in [0.2, 0.25) is 0 Å². The van der Waals surface area contributed by atoms with Gasteiger partial charge in [0.25, 0.3) is 0 Å². The van der Waals surface area contributed by atoms with E-state index in [1.807, 2.05) is 0 Å². The molecule has 2 heteroatoms. The van der Waals surface area contributed by atoms with Crippen molar-refractivity contribution in [2.45, 2.75) is 36.7 Å². The van der Waals surface area contributed by atoms with Crippen molar-refractivity contribution in [3.63, 3.8) is 0 Å². The molecule has 1 aromatic rings. The van der Waals surface area contributed by atoms with E-state index in [-0.39, 0.29) is 11.0 Å². The number of ether oxygens (including phenoxy) is 1. The fourth-order valence-corrected chi connectivity index (χ4v) is 4.41. The lowest BCUT2D eigenvalue weighted by molar-refractivity contribution is -0.0785. The Kier molecular flexibility index (Phi) is 3.32. The van der Waals surface area contributed by atoms with Crippen molar-refractivity contribution in [1.82, 2.24) is 0 Å². The molecular weight excluding hydrogens is 311 g/mol. The number of rotatable bonds is 1. The Bertz CT molecular complexity index is 355. The molecule has 1 fully saturated rings. The van der Waals surface area contributed by atoms with Crippen LogP contribution in [0.25, 0.3) is 0 Å². The van der Waals surface area contributed by atoms with E-state index in [0.717, 1.165) is 13.0 Å². The molecule has 0 amide bonds. The number of benzene rings is 1. The quantitative estimate of drug-likeness (QED) is 0.555. The van der Waals surface area contributed by atoms with Crippen molar-refractivity contribution in [2.24, 2.45) is 5.41 Å². The third-order valence-electron chi connectivity index (χ3n) is 3.46. The molecule has 16 heavy (non-hydrogen) atoms. The summed E-state index contributed by atoms with van der Waals surface area (Å²) in [7, 11) is 0. The fourth-order valence-electron chi connectivity index (χ4n) is 2.69. The molecule has 0 spiro atoms. The Hall–Kier alpha value is -0.0900. The zero-order valence-electron chi connectivity index (χ0n) is 10.2. The van der Waals surface area contributed by atoms with E-state index in [1.54, 1.807) is 0 Å². The largest absolute Gasteiger partial charge is 0.369 e. The summed E-state index contributed by atoms with van der Waals surface area (Å²) in [6.45, 7) is 7.70. The highest BCUT2D eigenvalue weighted by molar-refractivity contribution is 14.1. The van der Waals surface area contributed by atoms with Crippen LogP contribution in [0.2, 0.25) is 0 Å². The van der Waals surface area contributed by atoms with Gasteiger partial charge in [-0.3, -0.25) is 0 Å². The van der Waals surface area contributed by atoms with Crippen LogP contribution < -0.4 is 0 Å². The lowest BCUT2D eigenvalue weighted by Crippen LogP contribution is -2.45. The molecule has 1 nitrogen and oxygen atoms in total. The van der Waals surface area contributed by atoms with Gasteiger partial charge >= 0.3 is 0 Å². The van der Waals surface area contributed by atoms with E-state index in [9.17, 15) is 0 Å². The Morgan fingerprint density at radius 3 is 2.31 bits per heavy atom. The van der Waals surface area contributed by atoms with Crippen LogP contribution in [0.15, 0.2) is 30.3 Å². The smallest absolute Gasteiger partial charge is 0.110 e. The third-order valence-corrected chi connectivity index (χ3v) is 4.96. The van der Waals surface area contributed by atoms with Crippen molar-refractivity contribution < 1.29 is 4.74 Å². The van der Waals surface area contributed by atoms with Gasteiger partial charge in [0, 0.05) is 10.5 Å². The molecule has 0 bridgehead atoms. The Labute approximate surface area is 112 Å². The van der Waals surface area contributed by atoms with Crippen molar-refractivity contribution in [2.75, 3.05) is 6.61 Å². The summed E-state index contributed by atoms with van der Waals surface area (Å²) in [5, 5.41) is 0. The van der Waals surface area contributed by atoms with Crippen molar-refractivity contribution in [3.05, 3.63) is 35.9 Å². The number of alkyl halides is 1. The molecule has 2 rings (SSSR count). The van der Waals surface area contributed by atoms with Crippen LogP contribution in [-0.4, -0.2) is 10.5 Å². The van der Waals surface area contributed by atoms with Crippen LogP contribution in [-0.2, 0) is 10.3 Å². The maximum Gasteiger partial charge on any atom is 0.110 e. The second-order valence-corrected chi connectivity index (χ2v) is 6.96. The van der Waals surface area contributed by atoms with E-state index in [4.69, 9.17) is 4.74 Å². The number of hydrogen-bond donors (Lipinski definition) is 0. The highest BCUT2D eigenvalue weighted by Gasteiger charge is 2.52. The van der Waals surface area contributed by atoms with Gasteiger partial charge in [-0.25, -0.2) is 0 Å². The molecule has 0 aliphatic carbocycles. The van der Waals surface area contributed by atoms with Crippen molar-refractivity contribution in [3.8, 4) is 0 Å². The van der Waals surface area contributed by atoms with Gasteiger partial charge in [-0.2, -0.15) is 0 Å². The maximum absolute atomic E-state index is 6.20. The average Bonchev–Trinajstić information content (AvgIpc) is 2.61. The van der Waals surface area contributed by atoms with Crippen LogP contribution >= 0.6 is 22.6 Å². The first-order valence-electron chi connectivity index (χ1n) is 5.82. The molecule has 1 aliphatic rings. The first kappa shape index (κ1) is 12.4. The molecule has 0 N–H and O–H groups in total. The van der Waals surface area contributed by atoms with E-state index >= 15 is 0 Å². The molecule has 0 saturated carbocycles. The zero-order chi connectivity index (χ0) is 11.8. The van der Waals surface area contributed by atoms with E-state index in [2.05, 4.69) is 73.7 Å². The average molecular weight is 330 g/mol. The van der Waals surface area contributed by atoms with Gasteiger partial charge < -0.3 is 4.74 Å². The van der Waals surface area contributed by atoms with Gasteiger partial charge in [-0.1, -0.05) is 73.7 Å². The number of halogens is 1. The highest BCUT2D eigenvalue weighted by atomic mass is 127. The minimum absolute atomic E-state index is 0.122. The van der Waals surface area contributed by atoms with Crippen LogP contribution in [0, 0.1) is 5.41 Å². The Morgan fingerprint density at radius 2 is 1.88 bits per heavy atom. The predicted octanol–water partition coefficient (Wildman–Crippen LogP) is 4.15. The Balaban J connectivity index is 2.52. The summed E-state index contributed by atoms with van der Waals surface area (Å²) < 4.78 is 6.74. The van der Waals surface area contributed by atoms with Crippen molar-refractivity contribution >= 4 is 22.6 Å². The summed E-state index contributed by atoms with van der Waals surface area (Å²) in [6.07, 6.45) is 1.15. The summed E-state index contributed by atoms with van der Waals surface area (Å²) in [4.78, 5) is 0. The second kappa shape index (κ2) is 4.30. The summed E-state index contributed by atoms with van der Waals surface area (Å²) in [5.74, 6) is 0. The second-order valence-electron chi connectivity index (χ2n) is 5.46. The van der Waals surface area contributed by atoms with Crippen molar-refractivity contribution in [1.29, 1.82) is 0 Å². The van der Waals surface area contributed by atoms with Gasteiger partial charge in [0.15, 0.2) is 0 Å². The fraction of sp³-hybridized carbons (Fsp3) is 0.571. The van der Waals surface area contributed by atoms with E-state index < -0.39 is 0 Å². The molecule has 1 aromatic carbocycles. The SMILES string of the molecule is CC(C)(C)[C@]1(c2ccccc2)OCC[C@H]1I. The molecule has 1 aliphatic heterocycles. The van der Waals surface area contributed by atoms with E-state index in [1.165, 1.54) is 5.56 Å². The molecule has 0 radical (unpaired) electrons. The molecule has 0 unspecified atom stereocenters. The highest BCUT2D eigenvalue weighted by Crippen LogP contribution is 2.52. The van der Waals surface area contributed by atoms with Crippen LogP contribution in [0.1, 0.15) is 32.8 Å². The van der Waals surface area contributed by atoms with E-state index in [0.29, 0.717) is 3.92 Å². The molecular formula is C14H19IO. The minimum atomic E-state index is -0.130. The summed E-state index contributed by atoms with van der Waals surface area (Å²) >= 11 is 2.55. The van der Waals surface area contributed by atoms with Crippen LogP contribution in [0.4, 0.5) is 0 Å². The maximum atomic E-state index is 6.20. The summed E-state index contributed by atoms with van der Waals surface area (Å²) in [6, 6.07) is 10.7. The normalized spacial score (nSPS) is 30.6. The monoisotopic (exact) mass is 330 g/mol. The minimum Gasteiger partial charge on any atom is -0.369 e. The lowest BCUT2D eigenvalue weighted by atomic mass is 9.70. The van der Waals surface area contributed by atoms with Crippen LogP contribution in [0.3, 0.4) is 0 Å². The molecule has 88 valence electrons. The first-order valence-corrected chi connectivity index (χ1v) is 7.06. The zero-order valence-corrected chi connectivity index (χ0v) is 12.3. The topological polar surface area (TPSA) is 9.23 Å². The predicted molar refractivity (Wildman–Crippen MR) is 76.0 cm³/mol. The Morgan fingerprint density at radius 1 is 1.25 bits per heavy atom. The summed E-state index contributed by atoms with van der Waals surface area (Å²) in [5.41, 5.74) is 1.31. The van der Waals surface area contributed by atoms with Gasteiger partial charge in [0.05, 0.1) is 0 Å². The first-order chi connectivity index (χ1) is 7.48. The number of hydrogen-bond acceptors (Lipinski definition) is 1. The van der Waals surface area contributed by atoms with Crippen LogP contribution in [0.5, 0.6) is 0 Å². The van der Waals surface area contributed by atoms with Gasteiger partial charge in [-0.05, 0) is 17.4 Å². The van der Waals surface area contributed by atoms with Gasteiger partial charge in [0.1, 0.15) is 5.60 Å². The standard InChI is InChI=1S/C14H19IO/c1-13(2,3)14(12(15)9-10-16-14)11-7-5-4-6-8-11/h4-8,12H,9-10H2,1-3H3/t12-,14-/m1/s1. The third kappa shape index (κ3) is 1.80. The molecule has 1 saturated heterocycles. The van der Waals surface area contributed by atoms with Gasteiger partial charge in [-0.15, -0.1) is 0 Å². The lowest BCUT2D eigenvalue weighted by Gasteiger charge is -2.44. The molecule has 2 atom stereocenters.